The van der Waals surface area contributed by atoms with E-state index in [0.29, 0.717) is 19.5 Å². The van der Waals surface area contributed by atoms with Gasteiger partial charge in [0.1, 0.15) is 0 Å². The zero-order chi connectivity index (χ0) is 22.5. The molecular weight excluding hydrogens is 408 g/mol. The maximum atomic E-state index is 13.3. The zero-order valence-electron chi connectivity index (χ0n) is 18.9. The molecule has 1 saturated carbocycles. The van der Waals surface area contributed by atoms with Crippen LogP contribution in [0.4, 0.5) is 0 Å². The number of aromatic nitrogens is 4. The summed E-state index contributed by atoms with van der Waals surface area (Å²) in [5.74, 6) is -0.446. The fourth-order valence-corrected chi connectivity index (χ4v) is 4.79. The van der Waals surface area contributed by atoms with Crippen molar-refractivity contribution >= 4 is 11.9 Å². The van der Waals surface area contributed by atoms with Gasteiger partial charge in [0.05, 0.1) is 31.1 Å². The molecule has 1 saturated heterocycles. The molecule has 2 aromatic heterocycles. The molecule has 3 heterocycles. The van der Waals surface area contributed by atoms with Crippen LogP contribution in [0.1, 0.15) is 72.9 Å². The standard InChI is InChI=1S/C23H32N6O3/c1-16-8-7-11-18(24-16)13-28-14-19(29-15-20(26-27-29)23(31)32-2)12-21(28)22(30)25-17-9-5-3-4-6-10-17/h7-8,11,15,17,19,21H,3-6,9-10,12-14H2,1-2H3,(H,25,30)/t19-,21-/m0/s1. The lowest BCUT2D eigenvalue weighted by atomic mass is 10.1. The van der Waals surface area contributed by atoms with Gasteiger partial charge in [0.15, 0.2) is 5.69 Å². The Labute approximate surface area is 188 Å². The molecule has 2 aromatic rings. The highest BCUT2D eigenvalue weighted by molar-refractivity contribution is 5.86. The molecule has 0 unspecified atom stereocenters. The Kier molecular flexibility index (Phi) is 7.14. The number of nitrogens with zero attached hydrogens (tertiary/aromatic N) is 5. The van der Waals surface area contributed by atoms with E-state index in [2.05, 4.69) is 25.5 Å². The molecule has 32 heavy (non-hydrogen) atoms. The van der Waals surface area contributed by atoms with E-state index in [1.54, 1.807) is 10.9 Å². The minimum atomic E-state index is -0.516. The number of hydrogen-bond donors (Lipinski definition) is 1. The van der Waals surface area contributed by atoms with Gasteiger partial charge in [-0.3, -0.25) is 14.7 Å². The first kappa shape index (κ1) is 22.4. The Morgan fingerprint density at radius 1 is 1.19 bits per heavy atom. The van der Waals surface area contributed by atoms with Gasteiger partial charge in [-0.1, -0.05) is 37.0 Å². The molecule has 2 fully saturated rings. The summed E-state index contributed by atoms with van der Waals surface area (Å²) in [6.07, 6.45) is 9.14. The number of ether oxygens (including phenoxy) is 1. The third-order valence-corrected chi connectivity index (χ3v) is 6.48. The van der Waals surface area contributed by atoms with Crippen molar-refractivity contribution in [3.05, 3.63) is 41.5 Å². The largest absolute Gasteiger partial charge is 0.464 e. The van der Waals surface area contributed by atoms with Crippen molar-refractivity contribution in [2.45, 2.75) is 76.5 Å². The van der Waals surface area contributed by atoms with Crippen LogP contribution in [0.5, 0.6) is 0 Å². The van der Waals surface area contributed by atoms with Gasteiger partial charge in [0.2, 0.25) is 5.91 Å². The van der Waals surface area contributed by atoms with Crippen molar-refractivity contribution in [1.82, 2.24) is 30.2 Å². The van der Waals surface area contributed by atoms with Crippen LogP contribution in [0.2, 0.25) is 0 Å². The van der Waals surface area contributed by atoms with Crippen LogP contribution in [0.25, 0.3) is 0 Å². The van der Waals surface area contributed by atoms with Crippen molar-refractivity contribution < 1.29 is 14.3 Å². The number of rotatable bonds is 6. The molecule has 1 N–H and O–H groups in total. The molecule has 9 heteroatoms. The van der Waals surface area contributed by atoms with Gasteiger partial charge in [-0.15, -0.1) is 5.10 Å². The van der Waals surface area contributed by atoms with Crippen LogP contribution in [-0.2, 0) is 16.1 Å². The number of esters is 1. The number of aryl methyl sites for hydroxylation is 1. The third kappa shape index (κ3) is 5.32. The monoisotopic (exact) mass is 440 g/mol. The first-order valence-electron chi connectivity index (χ1n) is 11.5. The van der Waals surface area contributed by atoms with E-state index >= 15 is 0 Å². The van der Waals surface area contributed by atoms with Crippen LogP contribution in [-0.4, -0.2) is 62.5 Å². The second-order valence-corrected chi connectivity index (χ2v) is 8.88. The van der Waals surface area contributed by atoms with E-state index in [1.807, 2.05) is 25.1 Å². The van der Waals surface area contributed by atoms with Gasteiger partial charge in [-0.25, -0.2) is 9.48 Å². The Balaban J connectivity index is 1.51. The Morgan fingerprint density at radius 3 is 2.69 bits per heavy atom. The number of amides is 1. The van der Waals surface area contributed by atoms with Crippen molar-refractivity contribution in [2.75, 3.05) is 13.7 Å². The topological polar surface area (TPSA) is 102 Å². The molecule has 1 aliphatic carbocycles. The first-order valence-corrected chi connectivity index (χ1v) is 11.5. The first-order chi connectivity index (χ1) is 15.5. The highest BCUT2D eigenvalue weighted by atomic mass is 16.5. The van der Waals surface area contributed by atoms with E-state index in [9.17, 15) is 9.59 Å². The number of carbonyl (C=O) groups is 2. The number of pyridine rings is 1. The molecule has 9 nitrogen and oxygen atoms in total. The average molecular weight is 441 g/mol. The van der Waals surface area contributed by atoms with Crippen molar-refractivity contribution in [3.8, 4) is 0 Å². The van der Waals surface area contributed by atoms with E-state index in [4.69, 9.17) is 4.74 Å². The summed E-state index contributed by atoms with van der Waals surface area (Å²) in [5, 5.41) is 11.4. The normalized spacial score (nSPS) is 22.4. The number of hydrogen-bond acceptors (Lipinski definition) is 7. The molecule has 0 aromatic carbocycles. The lowest BCUT2D eigenvalue weighted by Gasteiger charge is -2.25. The molecule has 2 aliphatic rings. The Morgan fingerprint density at radius 2 is 1.97 bits per heavy atom. The second kappa shape index (κ2) is 10.2. The minimum absolute atomic E-state index is 0.0596. The third-order valence-electron chi connectivity index (χ3n) is 6.48. The van der Waals surface area contributed by atoms with Crippen LogP contribution < -0.4 is 5.32 Å². The zero-order valence-corrected chi connectivity index (χ0v) is 18.9. The summed E-state index contributed by atoms with van der Waals surface area (Å²) in [4.78, 5) is 31.9. The maximum Gasteiger partial charge on any atom is 0.360 e. The highest BCUT2D eigenvalue weighted by Crippen LogP contribution is 2.29. The van der Waals surface area contributed by atoms with Crippen LogP contribution >= 0.6 is 0 Å². The van der Waals surface area contributed by atoms with Gasteiger partial charge >= 0.3 is 5.97 Å². The molecule has 172 valence electrons. The molecule has 0 radical (unpaired) electrons. The molecule has 0 spiro atoms. The maximum absolute atomic E-state index is 13.3. The van der Waals surface area contributed by atoms with E-state index < -0.39 is 5.97 Å². The van der Waals surface area contributed by atoms with Crippen molar-refractivity contribution in [2.24, 2.45) is 0 Å². The van der Waals surface area contributed by atoms with Gasteiger partial charge in [-0.05, 0) is 38.3 Å². The number of carbonyl (C=O) groups excluding carboxylic acids is 2. The quantitative estimate of drug-likeness (QED) is 0.544. The summed E-state index contributed by atoms with van der Waals surface area (Å²) in [6, 6.07) is 5.86. The summed E-state index contributed by atoms with van der Waals surface area (Å²) in [5.41, 5.74) is 2.06. The van der Waals surface area contributed by atoms with E-state index in [-0.39, 0.29) is 29.7 Å². The van der Waals surface area contributed by atoms with Crippen molar-refractivity contribution in [3.63, 3.8) is 0 Å². The summed E-state index contributed by atoms with van der Waals surface area (Å²) in [6.45, 7) is 3.18. The van der Waals surface area contributed by atoms with E-state index in [1.165, 1.54) is 32.8 Å². The van der Waals surface area contributed by atoms with Gasteiger partial charge in [0.25, 0.3) is 0 Å². The summed E-state index contributed by atoms with van der Waals surface area (Å²) < 4.78 is 6.42. The van der Waals surface area contributed by atoms with Gasteiger partial charge in [-0.2, -0.15) is 0 Å². The van der Waals surface area contributed by atoms with Crippen molar-refractivity contribution in [1.29, 1.82) is 0 Å². The Bertz CT molecular complexity index is 937. The molecular formula is C23H32N6O3. The van der Waals surface area contributed by atoms with Crippen LogP contribution in [0.3, 0.4) is 0 Å². The second-order valence-electron chi connectivity index (χ2n) is 8.88. The molecule has 2 atom stereocenters. The van der Waals surface area contributed by atoms with Gasteiger partial charge < -0.3 is 10.1 Å². The fourth-order valence-electron chi connectivity index (χ4n) is 4.79. The molecule has 1 amide bonds. The summed E-state index contributed by atoms with van der Waals surface area (Å²) >= 11 is 0. The SMILES string of the molecule is COC(=O)c1cn([C@H]2C[C@@H](C(=O)NC3CCCCCC3)N(Cc3cccc(C)n3)C2)nn1. The molecule has 4 rings (SSSR count). The number of nitrogens with one attached hydrogen (secondary N) is 1. The fraction of sp³-hybridized carbons (Fsp3) is 0.609. The predicted octanol–water partition coefficient (Wildman–Crippen LogP) is 2.42. The van der Waals surface area contributed by atoms with Crippen LogP contribution in [0, 0.1) is 6.92 Å². The smallest absolute Gasteiger partial charge is 0.360 e. The van der Waals surface area contributed by atoms with Gasteiger partial charge in [0, 0.05) is 24.8 Å². The van der Waals surface area contributed by atoms with E-state index in [0.717, 1.165) is 24.2 Å². The molecule has 0 bridgehead atoms. The molecule has 1 aliphatic heterocycles. The van der Waals surface area contributed by atoms with Crippen LogP contribution in [0.15, 0.2) is 24.4 Å². The highest BCUT2D eigenvalue weighted by Gasteiger charge is 2.39. The minimum Gasteiger partial charge on any atom is -0.464 e. The summed E-state index contributed by atoms with van der Waals surface area (Å²) in [7, 11) is 1.32. The average Bonchev–Trinajstić information content (AvgIpc) is 3.35. The lowest BCUT2D eigenvalue weighted by molar-refractivity contribution is -0.126. The predicted molar refractivity (Wildman–Crippen MR) is 118 cm³/mol. The number of methoxy groups -OCH3 is 1. The number of likely N-dealkylation sites (tertiary alicyclic amines) is 1. The Hall–Kier alpha value is -2.81. The lowest BCUT2D eigenvalue weighted by Crippen LogP contribution is -2.46.